The van der Waals surface area contributed by atoms with Gasteiger partial charge in [-0.05, 0) is 37.8 Å². The Bertz CT molecular complexity index is 1800. The monoisotopic (exact) mass is 824 g/mol. The number of hydrogen-bond acceptors (Lipinski definition) is 13. The van der Waals surface area contributed by atoms with Gasteiger partial charge in [-0.3, -0.25) is 19.0 Å². The number of halogens is 4. The number of amides is 2. The summed E-state index contributed by atoms with van der Waals surface area (Å²) in [5.74, 6) is -10.7. The van der Waals surface area contributed by atoms with Gasteiger partial charge in [0.15, 0.2) is 28.6 Å². The van der Waals surface area contributed by atoms with Crippen molar-refractivity contribution in [1.29, 1.82) is 0 Å². The van der Waals surface area contributed by atoms with E-state index >= 15 is 0 Å². The number of carbonyl (C=O) groups is 2. The van der Waals surface area contributed by atoms with E-state index in [1.165, 1.54) is 5.06 Å². The third-order valence-electron chi connectivity index (χ3n) is 8.15. The molecule has 1 atom stereocenters. The summed E-state index contributed by atoms with van der Waals surface area (Å²) in [5.41, 5.74) is 7.40. The number of nitrogens with two attached hydrogens (primary N) is 1. The third-order valence-corrected chi connectivity index (χ3v) is 10.1. The van der Waals surface area contributed by atoms with Crippen molar-refractivity contribution in [2.45, 2.75) is 57.1 Å². The lowest BCUT2D eigenvalue weighted by Crippen LogP contribution is -2.50. The highest BCUT2D eigenvalue weighted by molar-refractivity contribution is 7.85. The molecule has 0 radical (unpaired) electrons. The van der Waals surface area contributed by atoms with Crippen LogP contribution in [0.25, 0.3) is 6.08 Å². The summed E-state index contributed by atoms with van der Waals surface area (Å²) < 4.78 is 107. The second-order valence-electron chi connectivity index (χ2n) is 12.4. The van der Waals surface area contributed by atoms with Crippen molar-refractivity contribution >= 4 is 50.9 Å². The van der Waals surface area contributed by atoms with Crippen LogP contribution in [0, 0.1) is 29.2 Å². The van der Waals surface area contributed by atoms with Crippen LogP contribution in [0.5, 0.6) is 5.75 Å². The van der Waals surface area contributed by atoms with Crippen LogP contribution in [0.3, 0.4) is 0 Å². The molecule has 1 unspecified atom stereocenters. The van der Waals surface area contributed by atoms with E-state index in [4.69, 9.17) is 29.3 Å². The van der Waals surface area contributed by atoms with Crippen LogP contribution in [0.2, 0.25) is 0 Å². The van der Waals surface area contributed by atoms with Crippen LogP contribution in [0.15, 0.2) is 21.5 Å². The normalized spacial score (nSPS) is 15.2. The Morgan fingerprint density at radius 2 is 1.64 bits per heavy atom. The quantitative estimate of drug-likeness (QED) is 0.0389. The molecule has 1 aromatic heterocycles. The number of hydrogen-bond donors (Lipinski definition) is 3. The predicted molar refractivity (Wildman–Crippen MR) is 190 cm³/mol. The summed E-state index contributed by atoms with van der Waals surface area (Å²) in [7, 11) is -5.63. The Morgan fingerprint density at radius 3 is 2.24 bits per heavy atom. The molecule has 1 fully saturated rings. The van der Waals surface area contributed by atoms with Gasteiger partial charge >= 0.3 is 10.1 Å². The molecule has 4 rings (SSSR count). The number of hydroxylamine groups is 2. The van der Waals surface area contributed by atoms with E-state index in [2.05, 4.69) is 9.73 Å². The summed E-state index contributed by atoms with van der Waals surface area (Å²) in [5, 5.41) is 11.2. The lowest BCUT2D eigenvalue weighted by atomic mass is 9.95. The maximum atomic E-state index is 14.0. The molecule has 2 amide bonds. The summed E-state index contributed by atoms with van der Waals surface area (Å²) in [6.07, 6.45) is 1.42. The number of benzene rings is 1. The Balaban J connectivity index is 1.06. The molecule has 1 saturated heterocycles. The first-order valence-corrected chi connectivity index (χ1v) is 19.7. The van der Waals surface area contributed by atoms with Gasteiger partial charge in [0.1, 0.15) is 5.84 Å². The molecular weight excluding hydrogens is 781 g/mol. The molecule has 2 aliphatic heterocycles. The SMILES string of the molecule is CCCN(OCC)C(=O)C1=Cc2sc(CC3CN(C(=O)CCOCCOCCOCCC(O)Oc4c(F)c(F)c(S(=O)(=O)O)c(F)c4F)C3)cc2N=C(N)C1. The fraction of sp³-hybridized carbons (Fsp3) is 0.559. The zero-order chi connectivity index (χ0) is 40.3. The average Bonchev–Trinajstić information content (AvgIpc) is 3.40. The highest BCUT2D eigenvalue weighted by Crippen LogP contribution is 2.37. The number of aliphatic imine (C=N–C) groups is 1. The number of aliphatic hydroxyl groups excluding tert-OH is 1. The smallest absolute Gasteiger partial charge is 0.300 e. The molecule has 306 valence electrons. The van der Waals surface area contributed by atoms with Gasteiger partial charge in [-0.1, -0.05) is 6.92 Å². The maximum absolute atomic E-state index is 14.0. The number of rotatable bonds is 22. The number of aliphatic hydroxyl groups is 1. The molecule has 4 N–H and O–H groups in total. The molecule has 15 nitrogen and oxygen atoms in total. The molecule has 0 saturated carbocycles. The van der Waals surface area contributed by atoms with Crippen molar-refractivity contribution in [3.05, 3.63) is 44.7 Å². The molecule has 1 aromatic carbocycles. The van der Waals surface area contributed by atoms with Crippen LogP contribution >= 0.6 is 11.3 Å². The minimum Gasteiger partial charge on any atom is -0.459 e. The first-order valence-electron chi connectivity index (χ1n) is 17.4. The van der Waals surface area contributed by atoms with Gasteiger partial charge in [-0.2, -0.15) is 17.2 Å². The summed E-state index contributed by atoms with van der Waals surface area (Å²) in [6.45, 7) is 6.41. The summed E-state index contributed by atoms with van der Waals surface area (Å²) in [4.78, 5) is 37.3. The second-order valence-corrected chi connectivity index (χ2v) is 15.0. The highest BCUT2D eigenvalue weighted by atomic mass is 32.2. The lowest BCUT2D eigenvalue weighted by Gasteiger charge is -2.39. The van der Waals surface area contributed by atoms with Crippen molar-refractivity contribution in [2.75, 3.05) is 65.9 Å². The number of likely N-dealkylation sites (tertiary alicyclic amines) is 1. The summed E-state index contributed by atoms with van der Waals surface area (Å²) in [6, 6.07) is 1.98. The lowest BCUT2D eigenvalue weighted by molar-refractivity contribution is -0.180. The van der Waals surface area contributed by atoms with Crippen molar-refractivity contribution in [1.82, 2.24) is 9.96 Å². The van der Waals surface area contributed by atoms with E-state index < -0.39 is 56.7 Å². The van der Waals surface area contributed by atoms with Crippen LogP contribution < -0.4 is 10.5 Å². The number of amidine groups is 1. The van der Waals surface area contributed by atoms with E-state index in [1.54, 1.807) is 16.2 Å². The van der Waals surface area contributed by atoms with Crippen LogP contribution in [0.1, 0.15) is 49.3 Å². The van der Waals surface area contributed by atoms with E-state index in [0.717, 1.165) is 28.3 Å². The number of ether oxygens (including phenoxy) is 4. The standard InChI is InChI=1S/C34H44F4N4O11S2/c1-3-7-42(52-4-2)34(45)21-15-24-23(40-25(39)16-21)17-22(54-24)14-20-18-41(19-20)26(43)5-8-49-10-12-51-13-11-50-9-6-27(44)53-32-28(35)30(37)33(55(46,47)48)31(38)29(32)36/h15,17,20,27,44H,3-14,16,18-19H2,1-2H3,(H2,39,40)(H,46,47,48). The molecule has 2 aliphatic rings. The summed E-state index contributed by atoms with van der Waals surface area (Å²) >= 11 is 1.56. The topological polar surface area (TPSA) is 200 Å². The van der Waals surface area contributed by atoms with Crippen LogP contribution in [-0.4, -0.2) is 118 Å². The van der Waals surface area contributed by atoms with Gasteiger partial charge in [-0.25, -0.2) is 18.8 Å². The van der Waals surface area contributed by atoms with Gasteiger partial charge in [0.2, 0.25) is 17.5 Å². The number of thiophene rings is 1. The molecule has 0 bridgehead atoms. The molecule has 2 aromatic rings. The van der Waals surface area contributed by atoms with Gasteiger partial charge in [0.05, 0.1) is 63.2 Å². The van der Waals surface area contributed by atoms with E-state index in [-0.39, 0.29) is 70.2 Å². The molecule has 3 heterocycles. The predicted octanol–water partition coefficient (Wildman–Crippen LogP) is 3.75. The second kappa shape index (κ2) is 20.5. The Morgan fingerprint density at radius 1 is 1.02 bits per heavy atom. The Kier molecular flexibility index (Phi) is 16.4. The van der Waals surface area contributed by atoms with Crippen molar-refractivity contribution in [3.63, 3.8) is 0 Å². The number of fused-ring (bicyclic) bond motifs is 1. The minimum atomic E-state index is -5.63. The van der Waals surface area contributed by atoms with E-state index in [9.17, 15) is 40.7 Å². The fourth-order valence-corrected chi connectivity index (χ4v) is 7.38. The molecule has 0 aliphatic carbocycles. The average molecular weight is 825 g/mol. The zero-order valence-electron chi connectivity index (χ0n) is 30.2. The van der Waals surface area contributed by atoms with Crippen LogP contribution in [-0.2, 0) is 45.2 Å². The Labute approximate surface area is 319 Å². The van der Waals surface area contributed by atoms with Gasteiger partial charge in [0, 0.05) is 42.9 Å². The van der Waals surface area contributed by atoms with Crippen LogP contribution in [0.4, 0.5) is 23.2 Å². The highest BCUT2D eigenvalue weighted by Gasteiger charge is 2.34. The van der Waals surface area contributed by atoms with E-state index in [1.807, 2.05) is 26.0 Å². The molecule has 55 heavy (non-hydrogen) atoms. The van der Waals surface area contributed by atoms with Crippen molar-refractivity contribution in [3.8, 4) is 5.75 Å². The molecule has 0 spiro atoms. The first kappa shape index (κ1) is 44.0. The fourth-order valence-electron chi connectivity index (χ4n) is 5.56. The van der Waals surface area contributed by atoms with Gasteiger partial charge < -0.3 is 34.7 Å². The number of carbonyl (C=O) groups excluding carboxylic acids is 2. The van der Waals surface area contributed by atoms with Gasteiger partial charge in [0.25, 0.3) is 5.91 Å². The van der Waals surface area contributed by atoms with E-state index in [0.29, 0.717) is 37.6 Å². The number of nitrogens with zero attached hydrogens (tertiary/aromatic N) is 3. The molecular formula is C34H44F4N4O11S2. The minimum absolute atomic E-state index is 0.0241. The Hall–Kier alpha value is -3.70. The first-order chi connectivity index (χ1) is 26.1. The van der Waals surface area contributed by atoms with Gasteiger partial charge in [-0.15, -0.1) is 11.3 Å². The largest absolute Gasteiger partial charge is 0.459 e. The molecule has 21 heteroatoms. The third kappa shape index (κ3) is 12.1. The zero-order valence-corrected chi connectivity index (χ0v) is 31.9. The maximum Gasteiger partial charge on any atom is 0.300 e. The van der Waals surface area contributed by atoms with Crippen molar-refractivity contribution in [2.24, 2.45) is 16.6 Å². The van der Waals surface area contributed by atoms with Crippen molar-refractivity contribution < 1.29 is 69.0 Å².